The first-order valence-electron chi connectivity index (χ1n) is 3.84. The Hall–Kier alpha value is 0.850. The second kappa shape index (κ2) is 8.45. The van der Waals surface area contributed by atoms with E-state index in [-0.39, 0.29) is 24.8 Å². The van der Waals surface area contributed by atoms with E-state index in [0.717, 1.165) is 12.3 Å². The highest BCUT2D eigenvalue weighted by atomic mass is 35.5. The topological polar surface area (TPSA) is 6.48 Å². The summed E-state index contributed by atoms with van der Waals surface area (Å²) in [5.74, 6) is 0.990. The van der Waals surface area contributed by atoms with Gasteiger partial charge in [-0.2, -0.15) is 12.6 Å². The van der Waals surface area contributed by atoms with Gasteiger partial charge in [0.2, 0.25) is 0 Å². The van der Waals surface area contributed by atoms with Crippen molar-refractivity contribution in [3.8, 4) is 0 Å². The summed E-state index contributed by atoms with van der Waals surface area (Å²) in [6.45, 7) is 6.02. The zero-order valence-corrected chi connectivity index (χ0v) is 9.93. The Balaban J connectivity index is 0. The lowest BCUT2D eigenvalue weighted by Gasteiger charge is -2.31. The fourth-order valence-electron chi connectivity index (χ4n) is 1.21. The number of hydrogen-bond donors (Lipinski definition) is 1. The second-order valence-corrected chi connectivity index (χ2v) is 3.32. The third-order valence-corrected chi connectivity index (χ3v) is 2.21. The summed E-state index contributed by atoms with van der Waals surface area (Å²) in [7, 11) is 2.18. The summed E-state index contributed by atoms with van der Waals surface area (Å²) in [4.78, 5) is 4.84. The predicted octanol–water partition coefficient (Wildman–Crippen LogP) is 1.01. The lowest BCUT2D eigenvalue weighted by atomic mass is 10.3. The maximum absolute atomic E-state index is 4.20. The van der Waals surface area contributed by atoms with Crippen molar-refractivity contribution >= 4 is 37.4 Å². The maximum Gasteiger partial charge on any atom is 0.0110 e. The van der Waals surface area contributed by atoms with Crippen LogP contribution in [0, 0.1) is 0 Å². The Morgan fingerprint density at radius 1 is 1.08 bits per heavy atom. The zero-order chi connectivity index (χ0) is 7.40. The van der Waals surface area contributed by atoms with Crippen molar-refractivity contribution in [2.75, 3.05) is 45.5 Å². The number of thiol groups is 1. The summed E-state index contributed by atoms with van der Waals surface area (Å²) in [5, 5.41) is 0. The van der Waals surface area contributed by atoms with E-state index >= 15 is 0 Å². The van der Waals surface area contributed by atoms with E-state index in [0.29, 0.717) is 0 Å². The Labute approximate surface area is 92.9 Å². The molecule has 0 unspecified atom stereocenters. The number of rotatable bonds is 2. The molecule has 1 rings (SSSR count). The summed E-state index contributed by atoms with van der Waals surface area (Å²) in [5.41, 5.74) is 0. The normalized spacial score (nSPS) is 19.5. The average Bonchev–Trinajstić information content (AvgIpc) is 1.95. The molecule has 0 saturated carbocycles. The summed E-state index contributed by atoms with van der Waals surface area (Å²) >= 11 is 4.20. The molecule has 1 heterocycles. The van der Waals surface area contributed by atoms with Gasteiger partial charge in [0.15, 0.2) is 0 Å². The molecule has 0 spiro atoms. The lowest BCUT2D eigenvalue weighted by Crippen LogP contribution is -2.44. The van der Waals surface area contributed by atoms with Gasteiger partial charge in [0.25, 0.3) is 0 Å². The van der Waals surface area contributed by atoms with Crippen LogP contribution in [0.4, 0.5) is 0 Å². The van der Waals surface area contributed by atoms with Crippen LogP contribution in [-0.4, -0.2) is 55.3 Å². The highest BCUT2D eigenvalue weighted by molar-refractivity contribution is 7.80. The van der Waals surface area contributed by atoms with Crippen molar-refractivity contribution in [3.05, 3.63) is 0 Å². The number of halogens is 2. The van der Waals surface area contributed by atoms with Gasteiger partial charge in [0.1, 0.15) is 0 Å². The molecular formula is C7H18Cl2N2S. The van der Waals surface area contributed by atoms with Crippen molar-refractivity contribution in [2.45, 2.75) is 0 Å². The molecule has 0 radical (unpaired) electrons. The molecule has 0 atom stereocenters. The van der Waals surface area contributed by atoms with Crippen molar-refractivity contribution in [1.82, 2.24) is 9.80 Å². The van der Waals surface area contributed by atoms with Crippen LogP contribution in [0.25, 0.3) is 0 Å². The van der Waals surface area contributed by atoms with Gasteiger partial charge in [0.05, 0.1) is 0 Å². The SMILES string of the molecule is CN1CCN(CCS)CC1.Cl.Cl. The highest BCUT2D eigenvalue weighted by Crippen LogP contribution is 1.98. The average molecular weight is 233 g/mol. The summed E-state index contributed by atoms with van der Waals surface area (Å²) in [6.07, 6.45) is 0. The molecule has 0 bridgehead atoms. The van der Waals surface area contributed by atoms with Crippen LogP contribution in [0.1, 0.15) is 0 Å². The minimum absolute atomic E-state index is 0. The minimum Gasteiger partial charge on any atom is -0.304 e. The van der Waals surface area contributed by atoms with Crippen LogP contribution in [-0.2, 0) is 0 Å². The van der Waals surface area contributed by atoms with E-state index in [1.807, 2.05) is 0 Å². The van der Waals surface area contributed by atoms with Crippen molar-refractivity contribution in [1.29, 1.82) is 0 Å². The Morgan fingerprint density at radius 3 is 2.00 bits per heavy atom. The van der Waals surface area contributed by atoms with Crippen LogP contribution >= 0.6 is 37.4 Å². The largest absolute Gasteiger partial charge is 0.304 e. The molecule has 1 aliphatic rings. The molecule has 0 amide bonds. The number of hydrogen-bond acceptors (Lipinski definition) is 3. The molecular weight excluding hydrogens is 215 g/mol. The fraction of sp³-hybridized carbons (Fsp3) is 1.00. The van der Waals surface area contributed by atoms with Gasteiger partial charge in [-0.1, -0.05) is 0 Å². The fourth-order valence-corrected chi connectivity index (χ4v) is 1.50. The molecule has 0 aliphatic carbocycles. The quantitative estimate of drug-likeness (QED) is 0.711. The first-order chi connectivity index (χ1) is 4.83. The first-order valence-corrected chi connectivity index (χ1v) is 4.48. The molecule has 0 aromatic rings. The van der Waals surface area contributed by atoms with Gasteiger partial charge in [-0.05, 0) is 7.05 Å². The third-order valence-electron chi connectivity index (χ3n) is 2.01. The van der Waals surface area contributed by atoms with E-state index < -0.39 is 0 Å². The van der Waals surface area contributed by atoms with E-state index in [4.69, 9.17) is 0 Å². The standard InChI is InChI=1S/C7H16N2S.2ClH/c1-8-2-4-9(5-3-8)6-7-10;;/h10H,2-7H2,1H3;2*1H. The number of nitrogens with zero attached hydrogens (tertiary/aromatic N) is 2. The molecule has 0 N–H and O–H groups in total. The molecule has 1 aliphatic heterocycles. The van der Waals surface area contributed by atoms with Gasteiger partial charge in [-0.15, -0.1) is 24.8 Å². The number of likely N-dealkylation sites (N-methyl/N-ethyl adjacent to an activating group) is 1. The summed E-state index contributed by atoms with van der Waals surface area (Å²) in [6, 6.07) is 0. The van der Waals surface area contributed by atoms with Crippen molar-refractivity contribution in [3.63, 3.8) is 0 Å². The molecule has 1 fully saturated rings. The van der Waals surface area contributed by atoms with Gasteiger partial charge in [-0.3, -0.25) is 4.90 Å². The van der Waals surface area contributed by atoms with Crippen LogP contribution < -0.4 is 0 Å². The Kier molecular flexibility index (Phi) is 10.8. The summed E-state index contributed by atoms with van der Waals surface area (Å²) < 4.78 is 0. The maximum atomic E-state index is 4.20. The van der Waals surface area contributed by atoms with Gasteiger partial charge < -0.3 is 4.90 Å². The predicted molar refractivity (Wildman–Crippen MR) is 62.3 cm³/mol. The third kappa shape index (κ3) is 5.49. The van der Waals surface area contributed by atoms with E-state index in [1.165, 1.54) is 26.2 Å². The van der Waals surface area contributed by atoms with Crippen LogP contribution in [0.5, 0.6) is 0 Å². The van der Waals surface area contributed by atoms with E-state index in [1.54, 1.807) is 0 Å². The van der Waals surface area contributed by atoms with E-state index in [2.05, 4.69) is 29.5 Å². The van der Waals surface area contributed by atoms with E-state index in [9.17, 15) is 0 Å². The van der Waals surface area contributed by atoms with Gasteiger partial charge >= 0.3 is 0 Å². The van der Waals surface area contributed by atoms with Crippen molar-refractivity contribution in [2.24, 2.45) is 0 Å². The highest BCUT2D eigenvalue weighted by Gasteiger charge is 2.11. The van der Waals surface area contributed by atoms with Crippen molar-refractivity contribution < 1.29 is 0 Å². The van der Waals surface area contributed by atoms with Crippen LogP contribution in [0.3, 0.4) is 0 Å². The van der Waals surface area contributed by atoms with Gasteiger partial charge in [-0.25, -0.2) is 0 Å². The van der Waals surface area contributed by atoms with Crippen LogP contribution in [0.2, 0.25) is 0 Å². The van der Waals surface area contributed by atoms with Crippen LogP contribution in [0.15, 0.2) is 0 Å². The Bertz CT molecular complexity index is 97.4. The lowest BCUT2D eigenvalue weighted by molar-refractivity contribution is 0.161. The molecule has 0 aromatic carbocycles. The molecule has 1 saturated heterocycles. The monoisotopic (exact) mass is 232 g/mol. The smallest absolute Gasteiger partial charge is 0.0110 e. The second-order valence-electron chi connectivity index (χ2n) is 2.87. The minimum atomic E-state index is 0. The zero-order valence-electron chi connectivity index (χ0n) is 7.40. The Morgan fingerprint density at radius 2 is 1.58 bits per heavy atom. The molecule has 2 nitrogen and oxygen atoms in total. The first kappa shape index (κ1) is 15.3. The molecule has 76 valence electrons. The number of piperazine rings is 1. The molecule has 0 aromatic heterocycles. The molecule has 12 heavy (non-hydrogen) atoms. The van der Waals surface area contributed by atoms with Gasteiger partial charge in [0, 0.05) is 38.5 Å². The molecule has 5 heteroatoms.